The van der Waals surface area contributed by atoms with E-state index < -0.39 is 0 Å². The lowest BCUT2D eigenvalue weighted by atomic mass is 10.0. The molecule has 0 N–H and O–H groups in total. The van der Waals surface area contributed by atoms with Gasteiger partial charge in [-0.25, -0.2) is 9.97 Å². The predicted molar refractivity (Wildman–Crippen MR) is 239 cm³/mol. The zero-order valence-corrected chi connectivity index (χ0v) is 31.8. The fraction of sp³-hybridized carbons (Fsp3) is 0. The van der Waals surface area contributed by atoms with Crippen molar-refractivity contribution in [2.45, 2.75) is 0 Å². The van der Waals surface area contributed by atoms with E-state index in [0.717, 1.165) is 84.7 Å². The minimum absolute atomic E-state index is 0.850. The summed E-state index contributed by atoms with van der Waals surface area (Å²) in [4.78, 5) is 9.91. The molecule has 0 saturated carbocycles. The van der Waals surface area contributed by atoms with E-state index in [-0.39, 0.29) is 0 Å². The summed E-state index contributed by atoms with van der Waals surface area (Å²) >= 11 is 0. The Labute approximate surface area is 339 Å². The number of nitrogens with zero attached hydrogens (tertiary/aromatic N) is 7. The molecule has 0 unspecified atom stereocenters. The molecule has 0 aliphatic rings. The minimum atomic E-state index is 0.850. The van der Waals surface area contributed by atoms with Gasteiger partial charge < -0.3 is 4.57 Å². The van der Waals surface area contributed by atoms with Gasteiger partial charge in [-0.2, -0.15) is 0 Å². The SMILES string of the molecule is c1ccc(-c2c(-c3ccccc3)n3ccnc3n2-c2cccc(-n3c4ccccc4c4ccc(-n5c(-c6ccccc6)c(-c6ccccc6)n6ccnc56)cc43)c2)cc1. The Hall–Kier alpha value is -8.16. The Morgan fingerprint density at radius 1 is 0.305 bits per heavy atom. The molecule has 0 saturated heterocycles. The van der Waals surface area contributed by atoms with Crippen molar-refractivity contribution in [3.63, 3.8) is 0 Å². The lowest BCUT2D eigenvalue weighted by molar-refractivity contribution is 1.06. The highest BCUT2D eigenvalue weighted by Crippen LogP contribution is 2.41. The Bertz CT molecular complexity index is 3480. The van der Waals surface area contributed by atoms with Crippen LogP contribution in [0, 0.1) is 0 Å². The molecule has 0 spiro atoms. The zero-order chi connectivity index (χ0) is 38.9. The van der Waals surface area contributed by atoms with Gasteiger partial charge in [-0.1, -0.05) is 152 Å². The van der Waals surface area contributed by atoms with Crippen molar-refractivity contribution in [1.29, 1.82) is 0 Å². The summed E-state index contributed by atoms with van der Waals surface area (Å²) in [7, 11) is 0. The van der Waals surface area contributed by atoms with Gasteiger partial charge in [-0.3, -0.25) is 17.9 Å². The molecule has 0 fully saturated rings. The van der Waals surface area contributed by atoms with Crippen LogP contribution in [0.3, 0.4) is 0 Å². The lowest BCUT2D eigenvalue weighted by Gasteiger charge is -2.15. The summed E-state index contributed by atoms with van der Waals surface area (Å²) in [6, 6.07) is 66.8. The molecule has 278 valence electrons. The number of fused-ring (bicyclic) bond motifs is 5. The first-order valence-electron chi connectivity index (χ1n) is 19.8. The Kier molecular flexibility index (Phi) is 7.40. The molecule has 0 atom stereocenters. The first-order valence-corrected chi connectivity index (χ1v) is 19.8. The molecule has 7 aromatic carbocycles. The van der Waals surface area contributed by atoms with Crippen LogP contribution < -0.4 is 0 Å². The monoisotopic (exact) mass is 757 g/mol. The summed E-state index contributed by atoms with van der Waals surface area (Å²) in [5.74, 6) is 1.70. The predicted octanol–water partition coefficient (Wildman–Crippen LogP) is 12.3. The highest BCUT2D eigenvalue weighted by molar-refractivity contribution is 6.10. The first kappa shape index (κ1) is 33.0. The molecule has 5 heterocycles. The lowest BCUT2D eigenvalue weighted by Crippen LogP contribution is -2.02. The second-order valence-corrected chi connectivity index (χ2v) is 14.8. The smallest absolute Gasteiger partial charge is 0.219 e. The van der Waals surface area contributed by atoms with Gasteiger partial charge in [0.15, 0.2) is 0 Å². The normalized spacial score (nSPS) is 11.7. The van der Waals surface area contributed by atoms with Crippen LogP contribution in [0.2, 0.25) is 0 Å². The Balaban J connectivity index is 1.11. The first-order chi connectivity index (χ1) is 29.3. The van der Waals surface area contributed by atoms with Crippen LogP contribution in [0.15, 0.2) is 213 Å². The van der Waals surface area contributed by atoms with Gasteiger partial charge >= 0.3 is 0 Å². The molecule has 0 amide bonds. The number of benzene rings is 7. The topological polar surface area (TPSA) is 49.4 Å². The number of hydrogen-bond acceptors (Lipinski definition) is 2. The van der Waals surface area contributed by atoms with Crippen LogP contribution in [-0.2, 0) is 0 Å². The van der Waals surface area contributed by atoms with Crippen LogP contribution >= 0.6 is 0 Å². The fourth-order valence-corrected chi connectivity index (χ4v) is 9.01. The van der Waals surface area contributed by atoms with Crippen molar-refractivity contribution in [3.05, 3.63) is 213 Å². The van der Waals surface area contributed by atoms with E-state index in [4.69, 9.17) is 9.97 Å². The van der Waals surface area contributed by atoms with Crippen LogP contribution in [-0.4, -0.2) is 32.5 Å². The molecule has 0 bridgehead atoms. The van der Waals surface area contributed by atoms with Crippen molar-refractivity contribution in [2.75, 3.05) is 0 Å². The van der Waals surface area contributed by atoms with Gasteiger partial charge in [-0.15, -0.1) is 0 Å². The van der Waals surface area contributed by atoms with Crippen LogP contribution in [0.5, 0.6) is 0 Å². The minimum Gasteiger partial charge on any atom is -0.309 e. The Morgan fingerprint density at radius 2 is 0.729 bits per heavy atom. The summed E-state index contributed by atoms with van der Waals surface area (Å²) < 4.78 is 11.4. The largest absolute Gasteiger partial charge is 0.309 e. The van der Waals surface area contributed by atoms with E-state index in [0.29, 0.717) is 0 Å². The number of aromatic nitrogens is 7. The molecule has 0 radical (unpaired) electrons. The average molecular weight is 758 g/mol. The number of imidazole rings is 4. The summed E-state index contributed by atoms with van der Waals surface area (Å²) in [5.41, 5.74) is 14.2. The van der Waals surface area contributed by atoms with Crippen molar-refractivity contribution in [3.8, 4) is 62.1 Å². The van der Waals surface area contributed by atoms with Crippen LogP contribution in [0.4, 0.5) is 0 Å². The van der Waals surface area contributed by atoms with Crippen molar-refractivity contribution < 1.29 is 0 Å². The van der Waals surface area contributed by atoms with Crippen molar-refractivity contribution >= 4 is 33.4 Å². The van der Waals surface area contributed by atoms with E-state index in [1.54, 1.807) is 0 Å². The maximum Gasteiger partial charge on any atom is 0.219 e. The van der Waals surface area contributed by atoms with Gasteiger partial charge in [0.05, 0.1) is 45.2 Å². The molecule has 12 rings (SSSR count). The maximum atomic E-state index is 4.96. The third kappa shape index (κ3) is 5.08. The van der Waals surface area contributed by atoms with Crippen LogP contribution in [0.25, 0.3) is 95.5 Å². The van der Waals surface area contributed by atoms with Gasteiger partial charge in [-0.05, 0) is 36.4 Å². The molecular weight excluding hydrogens is 723 g/mol. The average Bonchev–Trinajstić information content (AvgIpc) is 4.13. The molecule has 7 heteroatoms. The van der Waals surface area contributed by atoms with Crippen LogP contribution in [0.1, 0.15) is 0 Å². The Morgan fingerprint density at radius 3 is 1.25 bits per heavy atom. The number of hydrogen-bond donors (Lipinski definition) is 0. The summed E-state index contributed by atoms with van der Waals surface area (Å²) in [5, 5.41) is 2.37. The van der Waals surface area contributed by atoms with Crippen molar-refractivity contribution in [2.24, 2.45) is 0 Å². The highest BCUT2D eigenvalue weighted by atomic mass is 15.2. The van der Waals surface area contributed by atoms with Gasteiger partial charge in [0.1, 0.15) is 0 Å². The highest BCUT2D eigenvalue weighted by Gasteiger charge is 2.25. The second kappa shape index (κ2) is 13.2. The van der Waals surface area contributed by atoms with Gasteiger partial charge in [0.25, 0.3) is 0 Å². The third-order valence-electron chi connectivity index (χ3n) is 11.5. The maximum absolute atomic E-state index is 4.96. The summed E-state index contributed by atoms with van der Waals surface area (Å²) in [6.07, 6.45) is 7.89. The molecule has 0 aliphatic heterocycles. The quantitative estimate of drug-likeness (QED) is 0.163. The number of para-hydroxylation sites is 1. The zero-order valence-electron chi connectivity index (χ0n) is 31.8. The van der Waals surface area contributed by atoms with Crippen molar-refractivity contribution in [1.82, 2.24) is 32.5 Å². The van der Waals surface area contributed by atoms with E-state index in [1.165, 1.54) is 10.8 Å². The third-order valence-corrected chi connectivity index (χ3v) is 11.5. The molecule has 7 nitrogen and oxygen atoms in total. The van der Waals surface area contributed by atoms with E-state index in [2.05, 4.69) is 223 Å². The molecule has 5 aromatic heterocycles. The van der Waals surface area contributed by atoms with E-state index in [1.807, 2.05) is 12.4 Å². The molecule has 59 heavy (non-hydrogen) atoms. The standard InChI is InChI=1S/C52H35N7/c1-5-16-36(17-6-1)47-49(38-20-9-3-10-21-38)58(51-53-30-32-55(47)51)41-25-15-24-40(34-41)57-45-27-14-13-26-43(45)44-29-28-42(35-46(44)57)59-50(39-22-11-4-12-23-39)48(37-18-7-2-8-19-37)56-33-31-54-52(56)59/h1-35H. The molecule has 12 aromatic rings. The number of rotatable bonds is 7. The van der Waals surface area contributed by atoms with E-state index in [9.17, 15) is 0 Å². The summed E-state index contributed by atoms with van der Waals surface area (Å²) in [6.45, 7) is 0. The van der Waals surface area contributed by atoms with Gasteiger partial charge in [0.2, 0.25) is 11.6 Å². The molecular formula is C52H35N7. The van der Waals surface area contributed by atoms with Gasteiger partial charge in [0, 0.05) is 63.5 Å². The van der Waals surface area contributed by atoms with E-state index >= 15 is 0 Å². The molecule has 0 aliphatic carbocycles. The fourth-order valence-electron chi connectivity index (χ4n) is 9.01. The second-order valence-electron chi connectivity index (χ2n) is 14.8.